The van der Waals surface area contributed by atoms with Crippen LogP contribution < -0.4 is 4.90 Å². The number of thiophene rings is 1. The van der Waals surface area contributed by atoms with Gasteiger partial charge in [-0.1, -0.05) is 145 Å². The van der Waals surface area contributed by atoms with Gasteiger partial charge in [0, 0.05) is 53.6 Å². The molecule has 0 atom stereocenters. The van der Waals surface area contributed by atoms with Gasteiger partial charge in [-0.05, 0) is 108 Å². The molecule has 0 unspecified atom stereocenters. The molecule has 0 radical (unpaired) electrons. The fraction of sp³-hybridized carbons (Fsp3) is 0.0182. The second kappa shape index (κ2) is 14.1. The average molecular weight is 759 g/mol. The first-order valence-corrected chi connectivity index (χ1v) is 20.7. The van der Waals surface area contributed by atoms with Gasteiger partial charge in [0.25, 0.3) is 0 Å². The summed E-state index contributed by atoms with van der Waals surface area (Å²) in [4.78, 5) is 2.40. The molecule has 0 spiro atoms. The van der Waals surface area contributed by atoms with Gasteiger partial charge in [-0.3, -0.25) is 0 Å². The number of benzene rings is 9. The molecule has 3 heteroatoms. The van der Waals surface area contributed by atoms with E-state index in [1.54, 1.807) is 0 Å². The van der Waals surface area contributed by atoms with Crippen molar-refractivity contribution in [2.45, 2.75) is 6.92 Å². The molecule has 0 saturated heterocycles. The molecule has 9 aromatic carbocycles. The molecular weight excluding hydrogens is 721 g/mol. The molecule has 2 heterocycles. The average Bonchev–Trinajstić information content (AvgIpc) is 3.83. The van der Waals surface area contributed by atoms with Gasteiger partial charge in [0.15, 0.2) is 0 Å². The van der Waals surface area contributed by atoms with Crippen molar-refractivity contribution >= 4 is 70.4 Å². The zero-order valence-corrected chi connectivity index (χ0v) is 32.8. The number of anilines is 3. The molecule has 0 amide bonds. The van der Waals surface area contributed by atoms with E-state index >= 15 is 0 Å². The van der Waals surface area contributed by atoms with E-state index in [0.717, 1.165) is 17.1 Å². The Hall–Kier alpha value is -7.20. The summed E-state index contributed by atoms with van der Waals surface area (Å²) in [6, 6.07) is 77.5. The van der Waals surface area contributed by atoms with Crippen LogP contribution in [0.2, 0.25) is 0 Å². The third kappa shape index (κ3) is 5.79. The van der Waals surface area contributed by atoms with Crippen LogP contribution in [0.1, 0.15) is 5.56 Å². The lowest BCUT2D eigenvalue weighted by Crippen LogP contribution is -2.10. The molecule has 0 saturated carbocycles. The highest BCUT2D eigenvalue weighted by atomic mass is 32.1. The van der Waals surface area contributed by atoms with E-state index in [1.165, 1.54) is 86.6 Å². The highest BCUT2D eigenvalue weighted by Crippen LogP contribution is 2.44. The molecule has 274 valence electrons. The second-order valence-corrected chi connectivity index (χ2v) is 16.1. The van der Waals surface area contributed by atoms with Gasteiger partial charge in [0.1, 0.15) is 0 Å². The number of aromatic nitrogens is 1. The SMILES string of the molecule is Cc1ccc2c(c1)c1ccccc1n2-c1ccccc1-c1ccc(N(c2cccc(-c3ccccc3)c2)c2cccc(-c3cccc4sc5ccccc5c34)c2)cc1. The van der Waals surface area contributed by atoms with Crippen molar-refractivity contribution in [3.63, 3.8) is 0 Å². The molecular formula is C55H38N2S. The van der Waals surface area contributed by atoms with Crippen molar-refractivity contribution in [1.82, 2.24) is 4.57 Å². The summed E-state index contributed by atoms with van der Waals surface area (Å²) in [5.74, 6) is 0. The first-order valence-electron chi connectivity index (χ1n) is 19.8. The fourth-order valence-electron chi connectivity index (χ4n) is 8.78. The maximum absolute atomic E-state index is 2.43. The van der Waals surface area contributed by atoms with Crippen LogP contribution in [0.3, 0.4) is 0 Å². The largest absolute Gasteiger partial charge is 0.310 e. The van der Waals surface area contributed by atoms with Gasteiger partial charge in [-0.2, -0.15) is 0 Å². The van der Waals surface area contributed by atoms with Crippen molar-refractivity contribution < 1.29 is 0 Å². The molecule has 0 aliphatic heterocycles. The van der Waals surface area contributed by atoms with Gasteiger partial charge in [0.05, 0.1) is 16.7 Å². The number of fused-ring (bicyclic) bond motifs is 6. The van der Waals surface area contributed by atoms with Crippen LogP contribution in [0.4, 0.5) is 17.1 Å². The van der Waals surface area contributed by atoms with Crippen LogP contribution in [0.5, 0.6) is 0 Å². The molecule has 0 aliphatic rings. The molecule has 2 nitrogen and oxygen atoms in total. The summed E-state index contributed by atoms with van der Waals surface area (Å²) in [6.45, 7) is 2.17. The van der Waals surface area contributed by atoms with E-state index in [-0.39, 0.29) is 0 Å². The summed E-state index contributed by atoms with van der Waals surface area (Å²) in [5, 5.41) is 5.17. The number of aryl methyl sites for hydroxylation is 1. The minimum Gasteiger partial charge on any atom is -0.310 e. The van der Waals surface area contributed by atoms with Crippen molar-refractivity contribution in [2.24, 2.45) is 0 Å². The minimum atomic E-state index is 1.09. The first-order chi connectivity index (χ1) is 28.7. The van der Waals surface area contributed by atoms with E-state index in [2.05, 4.69) is 229 Å². The molecule has 11 rings (SSSR count). The lowest BCUT2D eigenvalue weighted by Gasteiger charge is -2.27. The smallest absolute Gasteiger partial charge is 0.0541 e. The lowest BCUT2D eigenvalue weighted by atomic mass is 9.98. The maximum atomic E-state index is 2.43. The van der Waals surface area contributed by atoms with Crippen LogP contribution in [0.15, 0.2) is 212 Å². The van der Waals surface area contributed by atoms with Crippen molar-refractivity contribution in [3.05, 3.63) is 218 Å². The normalized spacial score (nSPS) is 11.5. The van der Waals surface area contributed by atoms with Crippen molar-refractivity contribution in [3.8, 4) is 39.1 Å². The van der Waals surface area contributed by atoms with E-state index in [0.29, 0.717) is 0 Å². The molecule has 0 aliphatic carbocycles. The number of hydrogen-bond acceptors (Lipinski definition) is 2. The van der Waals surface area contributed by atoms with Crippen LogP contribution in [0.25, 0.3) is 81.0 Å². The summed E-state index contributed by atoms with van der Waals surface area (Å²) in [7, 11) is 0. The quantitative estimate of drug-likeness (QED) is 0.157. The Morgan fingerprint density at radius 1 is 0.379 bits per heavy atom. The summed E-state index contributed by atoms with van der Waals surface area (Å²) in [6.07, 6.45) is 0. The van der Waals surface area contributed by atoms with Gasteiger partial charge in [-0.25, -0.2) is 0 Å². The Bertz CT molecular complexity index is 3300. The highest BCUT2D eigenvalue weighted by molar-refractivity contribution is 7.25. The van der Waals surface area contributed by atoms with E-state index < -0.39 is 0 Å². The maximum Gasteiger partial charge on any atom is 0.0541 e. The Morgan fingerprint density at radius 3 is 1.84 bits per heavy atom. The third-order valence-electron chi connectivity index (χ3n) is 11.4. The fourth-order valence-corrected chi connectivity index (χ4v) is 9.91. The summed E-state index contributed by atoms with van der Waals surface area (Å²) < 4.78 is 5.05. The lowest BCUT2D eigenvalue weighted by molar-refractivity contribution is 1.18. The van der Waals surface area contributed by atoms with Crippen LogP contribution in [-0.2, 0) is 0 Å². The topological polar surface area (TPSA) is 8.17 Å². The zero-order valence-electron chi connectivity index (χ0n) is 32.0. The zero-order chi connectivity index (χ0) is 38.6. The van der Waals surface area contributed by atoms with Crippen LogP contribution in [-0.4, -0.2) is 4.57 Å². The molecule has 11 aromatic rings. The van der Waals surface area contributed by atoms with Crippen LogP contribution >= 0.6 is 11.3 Å². The minimum absolute atomic E-state index is 1.09. The Morgan fingerprint density at radius 2 is 1.00 bits per heavy atom. The Labute approximate surface area is 342 Å². The Kier molecular flexibility index (Phi) is 8.27. The van der Waals surface area contributed by atoms with E-state index in [1.807, 2.05) is 11.3 Å². The second-order valence-electron chi connectivity index (χ2n) is 15.0. The van der Waals surface area contributed by atoms with Gasteiger partial charge in [-0.15, -0.1) is 11.3 Å². The van der Waals surface area contributed by atoms with Gasteiger partial charge < -0.3 is 9.47 Å². The molecule has 2 aromatic heterocycles. The number of para-hydroxylation sites is 2. The summed E-state index contributed by atoms with van der Waals surface area (Å²) in [5.41, 5.74) is 15.3. The number of hydrogen-bond donors (Lipinski definition) is 0. The predicted molar refractivity (Wildman–Crippen MR) is 249 cm³/mol. The summed E-state index contributed by atoms with van der Waals surface area (Å²) >= 11 is 1.86. The molecule has 0 N–H and O–H groups in total. The molecule has 58 heavy (non-hydrogen) atoms. The van der Waals surface area contributed by atoms with Crippen molar-refractivity contribution in [1.29, 1.82) is 0 Å². The highest BCUT2D eigenvalue weighted by Gasteiger charge is 2.19. The van der Waals surface area contributed by atoms with Crippen LogP contribution in [0, 0.1) is 6.92 Å². The number of rotatable bonds is 7. The standard InChI is InChI=1S/C55H38N2S/c1-37-28-33-52-49(34-37)47-21-6-9-25-51(47)57(52)50-24-8-5-20-45(50)39-29-31-42(32-30-39)56(43-18-11-16-40(35-43)38-14-3-2-4-15-38)44-19-12-17-41(36-44)46-23-13-27-54-55(46)48-22-7-10-26-53(48)58-54/h2-36H,1H3. The van der Waals surface area contributed by atoms with Crippen molar-refractivity contribution in [2.75, 3.05) is 4.90 Å². The first kappa shape index (κ1) is 34.1. The Balaban J connectivity index is 1.06. The molecule has 0 bridgehead atoms. The molecule has 0 fully saturated rings. The number of nitrogens with zero attached hydrogens (tertiary/aromatic N) is 2. The van der Waals surface area contributed by atoms with E-state index in [9.17, 15) is 0 Å². The predicted octanol–water partition coefficient (Wildman–Crippen LogP) is 15.9. The van der Waals surface area contributed by atoms with E-state index in [4.69, 9.17) is 0 Å². The van der Waals surface area contributed by atoms with Gasteiger partial charge >= 0.3 is 0 Å². The third-order valence-corrected chi connectivity index (χ3v) is 12.6. The monoisotopic (exact) mass is 758 g/mol. The van der Waals surface area contributed by atoms with Gasteiger partial charge in [0.2, 0.25) is 0 Å².